The number of likely N-dealkylation sites (N-methyl/N-ethyl adjacent to an activating group) is 1. The molecule has 2 aromatic rings. The van der Waals surface area contributed by atoms with Crippen molar-refractivity contribution >= 4 is 17.1 Å². The second kappa shape index (κ2) is 10.3. The summed E-state index contributed by atoms with van der Waals surface area (Å²) in [5, 5.41) is 9.76. The van der Waals surface area contributed by atoms with E-state index in [1.165, 1.54) is 11.0 Å². The summed E-state index contributed by atoms with van der Waals surface area (Å²) in [6.45, 7) is 4.31. The summed E-state index contributed by atoms with van der Waals surface area (Å²) in [5.74, 6) is 0.137. The highest BCUT2D eigenvalue weighted by molar-refractivity contribution is 5.77. The van der Waals surface area contributed by atoms with Crippen LogP contribution in [0.1, 0.15) is 71.0 Å². The van der Waals surface area contributed by atoms with Gasteiger partial charge < -0.3 is 14.6 Å². The van der Waals surface area contributed by atoms with E-state index in [9.17, 15) is 19.5 Å². The maximum Gasteiger partial charge on any atom is 0.333 e. The number of carbonyl (C=O) groups is 1. The Bertz CT molecular complexity index is 1030. The minimum absolute atomic E-state index is 0.162. The quantitative estimate of drug-likeness (QED) is 0.650. The SMILES string of the molecule is CCCCn1c(=O)n(CC(=O)N(C)C2CCCCC2)c(=O)c2c1nc(CO)n2CCC. The van der Waals surface area contributed by atoms with E-state index in [-0.39, 0.29) is 30.6 Å². The molecule has 1 N–H and O–H groups in total. The number of aliphatic hydroxyl groups is 1. The smallest absolute Gasteiger partial charge is 0.333 e. The van der Waals surface area contributed by atoms with Gasteiger partial charge in [-0.15, -0.1) is 0 Å². The number of amides is 1. The number of hydrogen-bond acceptors (Lipinski definition) is 5. The van der Waals surface area contributed by atoms with E-state index in [1.54, 1.807) is 16.5 Å². The fourth-order valence-corrected chi connectivity index (χ4v) is 4.50. The van der Waals surface area contributed by atoms with Crippen LogP contribution in [0.25, 0.3) is 11.2 Å². The molecule has 1 fully saturated rings. The number of fused-ring (bicyclic) bond motifs is 1. The van der Waals surface area contributed by atoms with E-state index in [4.69, 9.17) is 0 Å². The van der Waals surface area contributed by atoms with Crippen molar-refractivity contribution in [1.29, 1.82) is 0 Å². The normalized spacial score (nSPS) is 15.0. The van der Waals surface area contributed by atoms with Gasteiger partial charge >= 0.3 is 5.69 Å². The lowest BCUT2D eigenvalue weighted by Gasteiger charge is -2.31. The van der Waals surface area contributed by atoms with Crippen LogP contribution in [0.4, 0.5) is 0 Å². The van der Waals surface area contributed by atoms with Crippen molar-refractivity contribution in [3.8, 4) is 0 Å². The van der Waals surface area contributed by atoms with Crippen molar-refractivity contribution in [2.45, 2.75) is 97.5 Å². The molecule has 172 valence electrons. The molecule has 1 aliphatic carbocycles. The molecule has 2 heterocycles. The molecule has 0 spiro atoms. The van der Waals surface area contributed by atoms with Crippen LogP contribution in [0.15, 0.2) is 9.59 Å². The molecule has 0 unspecified atom stereocenters. The van der Waals surface area contributed by atoms with Crippen molar-refractivity contribution in [2.24, 2.45) is 0 Å². The van der Waals surface area contributed by atoms with E-state index in [0.29, 0.717) is 24.6 Å². The minimum atomic E-state index is -0.515. The third-order valence-electron chi connectivity index (χ3n) is 6.33. The number of hydrogen-bond donors (Lipinski definition) is 1. The largest absolute Gasteiger partial charge is 0.388 e. The molecule has 1 aliphatic rings. The topological polar surface area (TPSA) is 102 Å². The molecule has 0 saturated heterocycles. The third-order valence-corrected chi connectivity index (χ3v) is 6.33. The lowest BCUT2D eigenvalue weighted by Crippen LogP contribution is -2.47. The number of aromatic nitrogens is 4. The van der Waals surface area contributed by atoms with E-state index in [2.05, 4.69) is 4.98 Å². The fourth-order valence-electron chi connectivity index (χ4n) is 4.50. The van der Waals surface area contributed by atoms with Gasteiger partial charge in [-0.3, -0.25) is 14.2 Å². The Labute approximate surface area is 182 Å². The van der Waals surface area contributed by atoms with Gasteiger partial charge in [-0.2, -0.15) is 0 Å². The Morgan fingerprint density at radius 3 is 2.39 bits per heavy atom. The standard InChI is InChI=1S/C22H35N5O4/c1-4-6-13-26-20-19(25(12-5-2)17(15-28)23-20)21(30)27(22(26)31)14-18(29)24(3)16-10-8-7-9-11-16/h16,28H,4-15H2,1-3H3. The van der Waals surface area contributed by atoms with Gasteiger partial charge in [-0.25, -0.2) is 14.3 Å². The highest BCUT2D eigenvalue weighted by atomic mass is 16.3. The monoisotopic (exact) mass is 433 g/mol. The van der Waals surface area contributed by atoms with Gasteiger partial charge in [0.2, 0.25) is 5.91 Å². The first-order valence-corrected chi connectivity index (χ1v) is 11.5. The highest BCUT2D eigenvalue weighted by Crippen LogP contribution is 2.21. The van der Waals surface area contributed by atoms with Crippen LogP contribution in [0.2, 0.25) is 0 Å². The molecule has 9 heteroatoms. The number of imidazole rings is 1. The molecule has 0 aliphatic heterocycles. The summed E-state index contributed by atoms with van der Waals surface area (Å²) in [6.07, 6.45) is 7.66. The lowest BCUT2D eigenvalue weighted by atomic mass is 9.94. The highest BCUT2D eigenvalue weighted by Gasteiger charge is 2.26. The Morgan fingerprint density at radius 2 is 1.77 bits per heavy atom. The zero-order chi connectivity index (χ0) is 22.5. The number of unbranched alkanes of at least 4 members (excludes halogenated alkanes) is 1. The van der Waals surface area contributed by atoms with Crippen LogP contribution in [-0.4, -0.2) is 47.7 Å². The molecule has 0 radical (unpaired) electrons. The van der Waals surface area contributed by atoms with Crippen molar-refractivity contribution < 1.29 is 9.90 Å². The summed E-state index contributed by atoms with van der Waals surface area (Å²) < 4.78 is 4.22. The number of aliphatic hydroxyl groups excluding tert-OH is 1. The first kappa shape index (κ1) is 23.2. The molecule has 31 heavy (non-hydrogen) atoms. The van der Waals surface area contributed by atoms with Crippen molar-refractivity contribution in [3.05, 3.63) is 26.7 Å². The summed E-state index contributed by atoms with van der Waals surface area (Å²) >= 11 is 0. The number of carbonyl (C=O) groups excluding carboxylic acids is 1. The molecular weight excluding hydrogens is 398 g/mol. The summed E-state index contributed by atoms with van der Waals surface area (Å²) in [6, 6.07) is 0.162. The first-order valence-electron chi connectivity index (χ1n) is 11.5. The Balaban J connectivity index is 2.09. The van der Waals surface area contributed by atoms with Gasteiger partial charge in [0.15, 0.2) is 11.2 Å². The average molecular weight is 434 g/mol. The molecular formula is C22H35N5O4. The van der Waals surface area contributed by atoms with Crippen molar-refractivity contribution in [3.63, 3.8) is 0 Å². The predicted octanol–water partition coefficient (Wildman–Crippen LogP) is 1.85. The molecule has 0 bridgehead atoms. The van der Waals surface area contributed by atoms with Gasteiger partial charge in [0, 0.05) is 26.2 Å². The predicted molar refractivity (Wildman–Crippen MR) is 119 cm³/mol. The maximum absolute atomic E-state index is 13.4. The Hall–Kier alpha value is -2.42. The van der Waals surface area contributed by atoms with E-state index < -0.39 is 11.2 Å². The zero-order valence-corrected chi connectivity index (χ0v) is 19.0. The Kier molecular flexibility index (Phi) is 7.69. The molecule has 9 nitrogen and oxygen atoms in total. The van der Waals surface area contributed by atoms with E-state index in [1.807, 2.05) is 13.8 Å². The lowest BCUT2D eigenvalue weighted by molar-refractivity contribution is -0.133. The van der Waals surface area contributed by atoms with Crippen LogP contribution >= 0.6 is 0 Å². The molecule has 0 aromatic carbocycles. The second-order valence-electron chi connectivity index (χ2n) is 8.49. The zero-order valence-electron chi connectivity index (χ0n) is 19.0. The van der Waals surface area contributed by atoms with E-state index in [0.717, 1.165) is 49.5 Å². The summed E-state index contributed by atoms with van der Waals surface area (Å²) in [7, 11) is 1.77. The molecule has 2 aromatic heterocycles. The first-order chi connectivity index (χ1) is 14.9. The maximum atomic E-state index is 13.4. The van der Waals surface area contributed by atoms with Crippen LogP contribution in [0, 0.1) is 0 Å². The Morgan fingerprint density at radius 1 is 1.06 bits per heavy atom. The average Bonchev–Trinajstić information content (AvgIpc) is 3.15. The van der Waals surface area contributed by atoms with Crippen molar-refractivity contribution in [2.75, 3.05) is 7.05 Å². The van der Waals surface area contributed by atoms with Gasteiger partial charge in [0.05, 0.1) is 0 Å². The fraction of sp³-hybridized carbons (Fsp3) is 0.727. The number of aryl methyl sites for hydroxylation is 2. The van der Waals surface area contributed by atoms with Crippen LogP contribution in [0.3, 0.4) is 0 Å². The number of rotatable bonds is 9. The second-order valence-corrected chi connectivity index (χ2v) is 8.49. The van der Waals surface area contributed by atoms with Gasteiger partial charge in [0.25, 0.3) is 5.56 Å². The molecule has 3 rings (SSSR count). The van der Waals surface area contributed by atoms with E-state index >= 15 is 0 Å². The summed E-state index contributed by atoms with van der Waals surface area (Å²) in [4.78, 5) is 45.8. The van der Waals surface area contributed by atoms with Crippen LogP contribution in [-0.2, 0) is 31.0 Å². The van der Waals surface area contributed by atoms with Crippen molar-refractivity contribution in [1.82, 2.24) is 23.6 Å². The number of nitrogens with zero attached hydrogens (tertiary/aromatic N) is 5. The van der Waals surface area contributed by atoms with Gasteiger partial charge in [-0.1, -0.05) is 39.5 Å². The third kappa shape index (κ3) is 4.61. The minimum Gasteiger partial charge on any atom is -0.388 e. The van der Waals surface area contributed by atoms with Crippen LogP contribution in [0.5, 0.6) is 0 Å². The van der Waals surface area contributed by atoms with Crippen LogP contribution < -0.4 is 11.2 Å². The molecule has 1 saturated carbocycles. The molecule has 1 amide bonds. The molecule has 0 atom stereocenters. The van der Waals surface area contributed by atoms with Gasteiger partial charge in [0.1, 0.15) is 19.0 Å². The van der Waals surface area contributed by atoms with Gasteiger partial charge in [-0.05, 0) is 25.7 Å². The summed E-state index contributed by atoms with van der Waals surface area (Å²) in [5.41, 5.74) is -0.444.